The predicted octanol–water partition coefficient (Wildman–Crippen LogP) is 2.31. The van der Waals surface area contributed by atoms with Gasteiger partial charge in [-0.05, 0) is 13.8 Å². The molecular formula is C9H13ClN2O2S3. The topological polar surface area (TPSA) is 50.3 Å². The molecule has 1 saturated heterocycles. The van der Waals surface area contributed by atoms with Crippen LogP contribution in [-0.4, -0.2) is 41.3 Å². The molecule has 0 unspecified atom stereocenters. The third-order valence-electron chi connectivity index (χ3n) is 2.44. The molecule has 0 N–H and O–H groups in total. The minimum absolute atomic E-state index is 0.0419. The van der Waals surface area contributed by atoms with Crippen molar-refractivity contribution in [3.8, 4) is 0 Å². The summed E-state index contributed by atoms with van der Waals surface area (Å²) in [7, 11) is -3.42. The molecule has 0 aliphatic carbocycles. The van der Waals surface area contributed by atoms with Crippen LogP contribution >= 0.6 is 34.7 Å². The molecule has 1 aliphatic heterocycles. The standard InChI is InChI=1S/C9H13ClN2O2S3/c1-9(2)6-12(3-4-15-9)17(13,14)7-5-11-8(10)16-7/h5H,3-4,6H2,1-2H3. The predicted molar refractivity (Wildman–Crippen MR) is 72.4 cm³/mol. The van der Waals surface area contributed by atoms with Gasteiger partial charge in [0.05, 0.1) is 6.20 Å². The van der Waals surface area contributed by atoms with Crippen LogP contribution in [0.15, 0.2) is 10.4 Å². The van der Waals surface area contributed by atoms with Crippen LogP contribution in [0, 0.1) is 0 Å². The van der Waals surface area contributed by atoms with Crippen LogP contribution in [0.4, 0.5) is 0 Å². The largest absolute Gasteiger partial charge is 0.254 e. The lowest BCUT2D eigenvalue weighted by atomic mass is 10.2. The lowest BCUT2D eigenvalue weighted by Gasteiger charge is -2.36. The molecule has 8 heteroatoms. The van der Waals surface area contributed by atoms with Crippen molar-refractivity contribution in [1.29, 1.82) is 0 Å². The third-order valence-corrected chi connectivity index (χ3v) is 7.14. The minimum Gasteiger partial charge on any atom is -0.232 e. The van der Waals surface area contributed by atoms with Gasteiger partial charge in [0.15, 0.2) is 8.68 Å². The van der Waals surface area contributed by atoms with Crippen molar-refractivity contribution in [3.63, 3.8) is 0 Å². The van der Waals surface area contributed by atoms with E-state index in [9.17, 15) is 8.42 Å². The Morgan fingerprint density at radius 3 is 2.76 bits per heavy atom. The van der Waals surface area contributed by atoms with Gasteiger partial charge in [-0.3, -0.25) is 0 Å². The molecule has 0 amide bonds. The van der Waals surface area contributed by atoms with Gasteiger partial charge in [0, 0.05) is 23.6 Å². The molecule has 2 heterocycles. The van der Waals surface area contributed by atoms with Gasteiger partial charge in [-0.25, -0.2) is 13.4 Å². The number of rotatable bonds is 2. The maximum absolute atomic E-state index is 12.3. The second-order valence-corrected chi connectivity index (χ2v) is 9.96. The highest BCUT2D eigenvalue weighted by molar-refractivity contribution is 8.00. The summed E-state index contributed by atoms with van der Waals surface area (Å²) < 4.78 is 26.6. The SMILES string of the molecule is CC1(C)CN(S(=O)(=O)c2cnc(Cl)s2)CCS1. The van der Waals surface area contributed by atoms with E-state index in [2.05, 4.69) is 18.8 Å². The lowest BCUT2D eigenvalue weighted by molar-refractivity contribution is 0.388. The van der Waals surface area contributed by atoms with Crippen molar-refractivity contribution in [2.24, 2.45) is 0 Å². The van der Waals surface area contributed by atoms with Crippen LogP contribution in [0.1, 0.15) is 13.8 Å². The Labute approximate surface area is 114 Å². The fourth-order valence-corrected chi connectivity index (χ4v) is 6.02. The zero-order chi connectivity index (χ0) is 12.7. The number of hydrogen-bond acceptors (Lipinski definition) is 5. The normalized spacial score (nSPS) is 21.6. The van der Waals surface area contributed by atoms with Gasteiger partial charge < -0.3 is 0 Å². The maximum Gasteiger partial charge on any atom is 0.254 e. The quantitative estimate of drug-likeness (QED) is 0.841. The van der Waals surface area contributed by atoms with Crippen molar-refractivity contribution in [2.45, 2.75) is 22.8 Å². The molecule has 0 bridgehead atoms. The summed E-state index contributed by atoms with van der Waals surface area (Å²) >= 11 is 8.48. The van der Waals surface area contributed by atoms with Gasteiger partial charge >= 0.3 is 0 Å². The number of nitrogens with zero attached hydrogens (tertiary/aromatic N) is 2. The van der Waals surface area contributed by atoms with Gasteiger partial charge in [0.2, 0.25) is 0 Å². The Morgan fingerprint density at radius 2 is 2.24 bits per heavy atom. The van der Waals surface area contributed by atoms with E-state index in [1.54, 1.807) is 11.8 Å². The lowest BCUT2D eigenvalue weighted by Crippen LogP contribution is -2.45. The molecule has 1 fully saturated rings. The average molecular weight is 313 g/mol. The number of thioether (sulfide) groups is 1. The van der Waals surface area contributed by atoms with Crippen LogP contribution < -0.4 is 0 Å². The monoisotopic (exact) mass is 312 g/mol. The second-order valence-electron chi connectivity index (χ2n) is 4.38. The summed E-state index contributed by atoms with van der Waals surface area (Å²) in [5.41, 5.74) is 0. The Bertz CT molecular complexity index is 512. The Hall–Kier alpha value is 0.180. The van der Waals surface area contributed by atoms with Gasteiger partial charge in [0.25, 0.3) is 10.0 Å². The number of sulfonamides is 1. The van der Waals surface area contributed by atoms with E-state index in [1.807, 2.05) is 0 Å². The molecule has 1 aromatic heterocycles. The summed E-state index contributed by atoms with van der Waals surface area (Å²) in [5, 5.41) is 0. The van der Waals surface area contributed by atoms with E-state index >= 15 is 0 Å². The first kappa shape index (κ1) is 13.6. The summed E-state index contributed by atoms with van der Waals surface area (Å²) in [4.78, 5) is 3.79. The highest BCUT2D eigenvalue weighted by Gasteiger charge is 2.35. The summed E-state index contributed by atoms with van der Waals surface area (Å²) in [6, 6.07) is 0. The zero-order valence-corrected chi connectivity index (χ0v) is 12.7. The summed E-state index contributed by atoms with van der Waals surface area (Å²) in [6.45, 7) is 5.18. The van der Waals surface area contributed by atoms with Crippen molar-refractivity contribution in [2.75, 3.05) is 18.8 Å². The highest BCUT2D eigenvalue weighted by atomic mass is 35.5. The first-order valence-electron chi connectivity index (χ1n) is 5.07. The number of halogens is 1. The molecule has 1 aliphatic rings. The first-order valence-corrected chi connectivity index (χ1v) is 8.69. The van der Waals surface area contributed by atoms with Crippen LogP contribution in [-0.2, 0) is 10.0 Å². The molecule has 1 aromatic rings. The zero-order valence-electron chi connectivity index (χ0n) is 9.51. The van der Waals surface area contributed by atoms with Crippen LogP contribution in [0.2, 0.25) is 4.47 Å². The van der Waals surface area contributed by atoms with E-state index in [0.29, 0.717) is 13.1 Å². The fourth-order valence-electron chi connectivity index (χ4n) is 1.66. The van der Waals surface area contributed by atoms with Crippen LogP contribution in [0.5, 0.6) is 0 Å². The van der Waals surface area contributed by atoms with Crippen molar-refractivity contribution in [3.05, 3.63) is 10.7 Å². The Balaban J connectivity index is 2.27. The van der Waals surface area contributed by atoms with E-state index in [0.717, 1.165) is 17.1 Å². The van der Waals surface area contributed by atoms with Crippen LogP contribution in [0.3, 0.4) is 0 Å². The average Bonchev–Trinajstić information content (AvgIpc) is 2.64. The van der Waals surface area contributed by atoms with E-state index in [1.165, 1.54) is 10.5 Å². The molecule has 0 saturated carbocycles. The van der Waals surface area contributed by atoms with Gasteiger partial charge in [-0.15, -0.1) is 0 Å². The molecule has 0 aromatic carbocycles. The summed E-state index contributed by atoms with van der Waals surface area (Å²) in [6.07, 6.45) is 1.33. The molecule has 96 valence electrons. The smallest absolute Gasteiger partial charge is 0.232 e. The van der Waals surface area contributed by atoms with Crippen molar-refractivity contribution in [1.82, 2.24) is 9.29 Å². The van der Waals surface area contributed by atoms with Crippen molar-refractivity contribution < 1.29 is 8.42 Å². The number of hydrogen-bond donors (Lipinski definition) is 0. The second kappa shape index (κ2) is 4.70. The molecule has 0 radical (unpaired) electrons. The Kier molecular flexibility index (Phi) is 3.76. The van der Waals surface area contributed by atoms with E-state index in [-0.39, 0.29) is 13.4 Å². The van der Waals surface area contributed by atoms with Gasteiger partial charge in [-0.2, -0.15) is 16.1 Å². The minimum atomic E-state index is -3.42. The first-order chi connectivity index (χ1) is 7.81. The molecule has 0 atom stereocenters. The number of thiazole rings is 1. The highest BCUT2D eigenvalue weighted by Crippen LogP contribution is 2.34. The van der Waals surface area contributed by atoms with E-state index in [4.69, 9.17) is 11.6 Å². The van der Waals surface area contributed by atoms with Crippen molar-refractivity contribution >= 4 is 44.7 Å². The third kappa shape index (κ3) is 2.96. The number of aromatic nitrogens is 1. The van der Waals surface area contributed by atoms with Crippen LogP contribution in [0.25, 0.3) is 0 Å². The Morgan fingerprint density at radius 1 is 1.53 bits per heavy atom. The molecule has 4 nitrogen and oxygen atoms in total. The molecule has 17 heavy (non-hydrogen) atoms. The fraction of sp³-hybridized carbons (Fsp3) is 0.667. The maximum atomic E-state index is 12.3. The van der Waals surface area contributed by atoms with Gasteiger partial charge in [-0.1, -0.05) is 22.9 Å². The van der Waals surface area contributed by atoms with Gasteiger partial charge in [0.1, 0.15) is 0 Å². The summed E-state index contributed by atoms with van der Waals surface area (Å²) in [5.74, 6) is 0.818. The molecular weight excluding hydrogens is 300 g/mol. The van der Waals surface area contributed by atoms with E-state index < -0.39 is 10.0 Å². The molecule has 0 spiro atoms. The molecule has 2 rings (SSSR count).